The number of aliphatic hydroxyl groups excluding tert-OH is 1. The molecule has 6 nitrogen and oxygen atoms in total. The maximum Gasteiger partial charge on any atom is 0.305 e. The van der Waals surface area contributed by atoms with Crippen LogP contribution in [0.15, 0.2) is 0 Å². The molecule has 0 fully saturated rings. The molecule has 0 radical (unpaired) electrons. The van der Waals surface area contributed by atoms with E-state index in [0.717, 1.165) is 89.6 Å². The Morgan fingerprint density at radius 3 is 1.18 bits per heavy atom. The van der Waals surface area contributed by atoms with Gasteiger partial charge >= 0.3 is 11.9 Å². The summed E-state index contributed by atoms with van der Waals surface area (Å²) in [5.74, 6) is 0.724. The molecule has 0 aliphatic rings. The minimum atomic E-state index is -0.0465. The summed E-state index contributed by atoms with van der Waals surface area (Å²) in [6.07, 6.45) is 45.2. The molecular formula is C50H99NO5. The number of carbonyl (C=O) groups is 2. The minimum absolute atomic E-state index is 0.0275. The van der Waals surface area contributed by atoms with Crippen LogP contribution in [-0.4, -0.2) is 60.9 Å². The van der Waals surface area contributed by atoms with Crippen molar-refractivity contribution in [3.05, 3.63) is 0 Å². The first-order valence-corrected chi connectivity index (χ1v) is 25.1. The zero-order valence-corrected chi connectivity index (χ0v) is 38.4. The molecular weight excluding hydrogens is 695 g/mol. The van der Waals surface area contributed by atoms with Crippen molar-refractivity contribution in [2.45, 2.75) is 271 Å². The highest BCUT2D eigenvalue weighted by Crippen LogP contribution is 2.23. The van der Waals surface area contributed by atoms with Crippen LogP contribution in [0.4, 0.5) is 0 Å². The molecule has 0 amide bonds. The van der Waals surface area contributed by atoms with Gasteiger partial charge in [0, 0.05) is 18.9 Å². The summed E-state index contributed by atoms with van der Waals surface area (Å²) >= 11 is 0. The molecule has 0 saturated carbocycles. The molecule has 0 aliphatic carbocycles. The Bertz CT molecular complexity index is 796. The third-order valence-corrected chi connectivity index (χ3v) is 12.0. The molecule has 0 bridgehead atoms. The molecule has 1 atom stereocenters. The highest BCUT2D eigenvalue weighted by molar-refractivity contribution is 5.69. The number of nitrogens with zero attached hydrogens (tertiary/aromatic N) is 1. The van der Waals surface area contributed by atoms with Gasteiger partial charge in [0.05, 0.1) is 19.8 Å². The average molecular weight is 794 g/mol. The zero-order valence-electron chi connectivity index (χ0n) is 38.4. The number of ether oxygens (including phenoxy) is 2. The minimum Gasteiger partial charge on any atom is -0.466 e. The lowest BCUT2D eigenvalue weighted by Crippen LogP contribution is -2.37. The van der Waals surface area contributed by atoms with Crippen LogP contribution in [0.25, 0.3) is 0 Å². The van der Waals surface area contributed by atoms with Crippen LogP contribution in [-0.2, 0) is 19.1 Å². The van der Waals surface area contributed by atoms with Gasteiger partial charge in [-0.25, -0.2) is 0 Å². The Balaban J connectivity index is 3.73. The highest BCUT2D eigenvalue weighted by Gasteiger charge is 2.13. The average Bonchev–Trinajstić information content (AvgIpc) is 3.20. The van der Waals surface area contributed by atoms with Gasteiger partial charge in [-0.15, -0.1) is 0 Å². The molecule has 0 aromatic carbocycles. The maximum absolute atomic E-state index is 12.3. The summed E-state index contributed by atoms with van der Waals surface area (Å²) in [5, 5.41) is 9.80. The molecule has 0 rings (SSSR count). The normalized spacial score (nSPS) is 12.2. The SMILES string of the molecule is CCCCCCCCCCCCCCCCCCCOC(=O)CCCCCN(CCCCCCCC(=O)OCCCC(CCCCC)CCCCC)C(C)CO. The summed E-state index contributed by atoms with van der Waals surface area (Å²) in [6, 6.07) is 0.155. The fraction of sp³-hybridized carbons (Fsp3) is 0.960. The van der Waals surface area contributed by atoms with E-state index >= 15 is 0 Å². The van der Waals surface area contributed by atoms with Gasteiger partial charge in [0.1, 0.15) is 0 Å². The third kappa shape index (κ3) is 39.7. The van der Waals surface area contributed by atoms with Crippen molar-refractivity contribution in [1.82, 2.24) is 4.90 Å². The summed E-state index contributed by atoms with van der Waals surface area (Å²) in [4.78, 5) is 26.9. The quantitative estimate of drug-likeness (QED) is 0.0489. The molecule has 0 aromatic heterocycles. The molecule has 0 aromatic rings. The summed E-state index contributed by atoms with van der Waals surface area (Å²) in [5.41, 5.74) is 0. The Hall–Kier alpha value is -1.14. The van der Waals surface area contributed by atoms with Crippen LogP contribution >= 0.6 is 0 Å². The van der Waals surface area contributed by atoms with Gasteiger partial charge in [-0.2, -0.15) is 0 Å². The molecule has 6 heteroatoms. The van der Waals surface area contributed by atoms with E-state index in [9.17, 15) is 14.7 Å². The predicted octanol–water partition coefficient (Wildman–Crippen LogP) is 14.9. The lowest BCUT2D eigenvalue weighted by atomic mass is 9.91. The van der Waals surface area contributed by atoms with Gasteiger partial charge in [-0.3, -0.25) is 14.5 Å². The summed E-state index contributed by atoms with van der Waals surface area (Å²) in [7, 11) is 0. The molecule has 0 aliphatic heterocycles. The lowest BCUT2D eigenvalue weighted by Gasteiger charge is -2.27. The Labute approximate surface area is 350 Å². The number of esters is 2. The topological polar surface area (TPSA) is 76.1 Å². The number of carbonyl (C=O) groups excluding carboxylic acids is 2. The second kappa shape index (κ2) is 45.0. The van der Waals surface area contributed by atoms with E-state index in [1.807, 2.05) is 0 Å². The first-order valence-electron chi connectivity index (χ1n) is 25.1. The molecule has 0 saturated heterocycles. The Morgan fingerprint density at radius 2 is 0.750 bits per heavy atom. The predicted molar refractivity (Wildman–Crippen MR) is 241 cm³/mol. The van der Waals surface area contributed by atoms with E-state index in [-0.39, 0.29) is 24.6 Å². The lowest BCUT2D eigenvalue weighted by molar-refractivity contribution is -0.144. The second-order valence-corrected chi connectivity index (χ2v) is 17.5. The van der Waals surface area contributed by atoms with Crippen LogP contribution < -0.4 is 0 Å². The van der Waals surface area contributed by atoms with Crippen LogP contribution in [0.1, 0.15) is 265 Å². The van der Waals surface area contributed by atoms with E-state index in [1.165, 1.54) is 154 Å². The number of rotatable bonds is 46. The fourth-order valence-corrected chi connectivity index (χ4v) is 8.06. The van der Waals surface area contributed by atoms with Crippen molar-refractivity contribution in [3.8, 4) is 0 Å². The van der Waals surface area contributed by atoms with Crippen LogP contribution in [0.3, 0.4) is 0 Å². The molecule has 334 valence electrons. The third-order valence-electron chi connectivity index (χ3n) is 12.0. The van der Waals surface area contributed by atoms with E-state index < -0.39 is 0 Å². The first kappa shape index (κ1) is 54.9. The van der Waals surface area contributed by atoms with Gasteiger partial charge in [0.2, 0.25) is 0 Å². The second-order valence-electron chi connectivity index (χ2n) is 17.5. The van der Waals surface area contributed by atoms with Crippen LogP contribution in [0.5, 0.6) is 0 Å². The number of aliphatic hydroxyl groups is 1. The number of hydrogen-bond acceptors (Lipinski definition) is 6. The molecule has 56 heavy (non-hydrogen) atoms. The van der Waals surface area contributed by atoms with Crippen LogP contribution in [0.2, 0.25) is 0 Å². The van der Waals surface area contributed by atoms with Gasteiger partial charge < -0.3 is 14.6 Å². The number of hydrogen-bond donors (Lipinski definition) is 1. The van der Waals surface area contributed by atoms with E-state index in [0.29, 0.717) is 26.1 Å². The van der Waals surface area contributed by atoms with Crippen molar-refractivity contribution >= 4 is 11.9 Å². The number of unbranched alkanes of at least 4 members (excludes halogenated alkanes) is 26. The summed E-state index contributed by atoms with van der Waals surface area (Å²) < 4.78 is 11.1. The first-order chi connectivity index (χ1) is 27.5. The standard InChI is InChI=1S/C50H99NO5/c1-5-8-11-12-13-14-15-16-17-18-19-20-21-22-23-27-35-44-55-49(53)41-32-28-34-43-51(47(4)46-52)42-33-26-24-25-31-40-50(54)56-45-36-39-48(37-29-9-6-2)38-30-10-7-3/h47-48,52H,5-46H2,1-4H3. The smallest absolute Gasteiger partial charge is 0.305 e. The Morgan fingerprint density at radius 1 is 0.429 bits per heavy atom. The summed E-state index contributed by atoms with van der Waals surface area (Å²) in [6.45, 7) is 12.2. The van der Waals surface area contributed by atoms with Crippen molar-refractivity contribution in [2.24, 2.45) is 5.92 Å². The van der Waals surface area contributed by atoms with Crippen molar-refractivity contribution in [2.75, 3.05) is 32.9 Å². The maximum atomic E-state index is 12.3. The van der Waals surface area contributed by atoms with E-state index in [2.05, 4.69) is 32.6 Å². The van der Waals surface area contributed by atoms with E-state index in [4.69, 9.17) is 9.47 Å². The molecule has 1 N–H and O–H groups in total. The molecule has 1 unspecified atom stereocenters. The van der Waals surface area contributed by atoms with Gasteiger partial charge in [-0.1, -0.05) is 201 Å². The largest absolute Gasteiger partial charge is 0.466 e. The molecule has 0 spiro atoms. The van der Waals surface area contributed by atoms with E-state index in [1.54, 1.807) is 0 Å². The van der Waals surface area contributed by atoms with Crippen LogP contribution in [0, 0.1) is 5.92 Å². The van der Waals surface area contributed by atoms with Gasteiger partial charge in [-0.05, 0) is 70.9 Å². The van der Waals surface area contributed by atoms with Gasteiger partial charge in [0.25, 0.3) is 0 Å². The highest BCUT2D eigenvalue weighted by atomic mass is 16.5. The van der Waals surface area contributed by atoms with Crippen molar-refractivity contribution < 1.29 is 24.2 Å². The van der Waals surface area contributed by atoms with Crippen molar-refractivity contribution in [3.63, 3.8) is 0 Å². The fourth-order valence-electron chi connectivity index (χ4n) is 8.06. The zero-order chi connectivity index (χ0) is 41.0. The molecule has 0 heterocycles. The Kier molecular flexibility index (Phi) is 44.0. The van der Waals surface area contributed by atoms with Gasteiger partial charge in [0.15, 0.2) is 0 Å². The monoisotopic (exact) mass is 794 g/mol. The van der Waals surface area contributed by atoms with Crippen molar-refractivity contribution in [1.29, 1.82) is 0 Å².